The first-order valence-electron chi connectivity index (χ1n) is 6.60. The molecule has 0 amide bonds. The zero-order chi connectivity index (χ0) is 14.2. The zero-order valence-electron chi connectivity index (χ0n) is 12.4. The van der Waals surface area contributed by atoms with Gasteiger partial charge in [0.2, 0.25) is 0 Å². The van der Waals surface area contributed by atoms with Gasteiger partial charge < -0.3 is 10.3 Å². The highest BCUT2D eigenvalue weighted by Gasteiger charge is 2.18. The molecule has 0 fully saturated rings. The molecule has 0 aliphatic rings. The summed E-state index contributed by atoms with van der Waals surface area (Å²) in [5.41, 5.74) is 11.4. The number of nitrogens with zero attached hydrogens (tertiary/aromatic N) is 1. The van der Waals surface area contributed by atoms with Gasteiger partial charge in [0.1, 0.15) is 0 Å². The lowest BCUT2D eigenvalue weighted by Crippen LogP contribution is -2.12. The Kier molecular flexibility index (Phi) is 3.50. The first kappa shape index (κ1) is 13.8. The normalized spacial score (nSPS) is 11.9. The summed E-state index contributed by atoms with van der Waals surface area (Å²) in [4.78, 5) is 0. The average Bonchev–Trinajstić information content (AvgIpc) is 2.75. The molecule has 0 saturated heterocycles. The van der Waals surface area contributed by atoms with Crippen molar-refractivity contribution in [3.63, 3.8) is 0 Å². The molecule has 0 bridgehead atoms. The van der Waals surface area contributed by atoms with E-state index in [1.807, 2.05) is 6.07 Å². The maximum absolute atomic E-state index is 5.58. The van der Waals surface area contributed by atoms with Crippen LogP contribution < -0.4 is 5.73 Å². The fourth-order valence-electron chi connectivity index (χ4n) is 2.31. The van der Waals surface area contributed by atoms with Crippen molar-refractivity contribution in [2.45, 2.75) is 46.6 Å². The van der Waals surface area contributed by atoms with Crippen LogP contribution in [0.25, 0.3) is 11.3 Å². The van der Waals surface area contributed by atoms with Crippen LogP contribution in [-0.4, -0.2) is 5.16 Å². The van der Waals surface area contributed by atoms with Crippen LogP contribution in [0.3, 0.4) is 0 Å². The molecular weight excluding hydrogens is 236 g/mol. The Morgan fingerprint density at radius 3 is 2.11 bits per heavy atom. The third-order valence-electron chi connectivity index (χ3n) is 3.41. The van der Waals surface area contributed by atoms with Crippen LogP contribution in [0.4, 0.5) is 0 Å². The number of rotatable bonds is 2. The molecule has 102 valence electrons. The molecule has 3 heteroatoms. The Balaban J connectivity index is 2.53. The molecule has 0 aliphatic heterocycles. The van der Waals surface area contributed by atoms with Gasteiger partial charge in [0.25, 0.3) is 0 Å². The monoisotopic (exact) mass is 258 g/mol. The summed E-state index contributed by atoms with van der Waals surface area (Å²) >= 11 is 0. The number of nitrogens with two attached hydrogens (primary N) is 1. The Bertz CT molecular complexity index is 568. The maximum Gasteiger partial charge on any atom is 0.167 e. The molecule has 19 heavy (non-hydrogen) atoms. The van der Waals surface area contributed by atoms with E-state index in [2.05, 4.69) is 51.9 Å². The molecule has 1 heterocycles. The van der Waals surface area contributed by atoms with E-state index >= 15 is 0 Å². The third kappa shape index (κ3) is 2.71. The lowest BCUT2D eigenvalue weighted by Gasteiger charge is -2.21. The van der Waals surface area contributed by atoms with Gasteiger partial charge in [0.15, 0.2) is 5.76 Å². The van der Waals surface area contributed by atoms with Crippen LogP contribution in [0.5, 0.6) is 0 Å². The number of benzene rings is 1. The van der Waals surface area contributed by atoms with Crippen LogP contribution in [0.1, 0.15) is 43.2 Å². The lowest BCUT2D eigenvalue weighted by molar-refractivity contribution is 0.423. The van der Waals surface area contributed by atoms with E-state index in [9.17, 15) is 0 Å². The van der Waals surface area contributed by atoms with Gasteiger partial charge >= 0.3 is 0 Å². The molecule has 2 rings (SSSR count). The zero-order valence-corrected chi connectivity index (χ0v) is 12.4. The highest BCUT2D eigenvalue weighted by atomic mass is 16.5. The highest BCUT2D eigenvalue weighted by molar-refractivity contribution is 5.67. The second-order valence-electron chi connectivity index (χ2n) is 6.12. The van der Waals surface area contributed by atoms with Gasteiger partial charge in [-0.05, 0) is 36.0 Å². The largest absolute Gasteiger partial charge is 0.356 e. The van der Waals surface area contributed by atoms with Crippen molar-refractivity contribution in [1.82, 2.24) is 5.16 Å². The molecule has 1 aromatic heterocycles. The predicted octanol–water partition coefficient (Wildman–Crippen LogP) is 3.71. The van der Waals surface area contributed by atoms with Crippen molar-refractivity contribution in [2.75, 3.05) is 0 Å². The quantitative estimate of drug-likeness (QED) is 0.893. The van der Waals surface area contributed by atoms with Crippen LogP contribution in [-0.2, 0) is 12.0 Å². The van der Waals surface area contributed by atoms with E-state index in [4.69, 9.17) is 10.3 Å². The molecule has 0 spiro atoms. The number of hydrogen-bond donors (Lipinski definition) is 1. The summed E-state index contributed by atoms with van der Waals surface area (Å²) < 4.78 is 5.40. The van der Waals surface area contributed by atoms with Crippen molar-refractivity contribution in [2.24, 2.45) is 5.73 Å². The van der Waals surface area contributed by atoms with Gasteiger partial charge in [0.05, 0.1) is 5.69 Å². The second-order valence-corrected chi connectivity index (χ2v) is 6.12. The smallest absolute Gasteiger partial charge is 0.167 e. The van der Waals surface area contributed by atoms with Crippen molar-refractivity contribution in [3.8, 4) is 11.3 Å². The first-order chi connectivity index (χ1) is 8.82. The van der Waals surface area contributed by atoms with E-state index in [1.165, 1.54) is 16.7 Å². The minimum Gasteiger partial charge on any atom is -0.356 e. The van der Waals surface area contributed by atoms with Crippen LogP contribution in [0, 0.1) is 13.8 Å². The number of aryl methyl sites for hydroxylation is 2. The Hall–Kier alpha value is -1.61. The Labute approximate surface area is 114 Å². The minimum absolute atomic E-state index is 0.151. The maximum atomic E-state index is 5.58. The summed E-state index contributed by atoms with van der Waals surface area (Å²) in [5, 5.41) is 3.96. The molecule has 0 saturated carbocycles. The number of hydrogen-bond acceptors (Lipinski definition) is 3. The number of aromatic nitrogens is 1. The molecular formula is C16H22N2O. The molecule has 2 aromatic rings. The van der Waals surface area contributed by atoms with E-state index in [-0.39, 0.29) is 5.41 Å². The summed E-state index contributed by atoms with van der Waals surface area (Å²) in [5.74, 6) is 0.802. The lowest BCUT2D eigenvalue weighted by atomic mass is 9.83. The van der Waals surface area contributed by atoms with E-state index < -0.39 is 0 Å². The predicted molar refractivity (Wildman–Crippen MR) is 78.0 cm³/mol. The Morgan fingerprint density at radius 2 is 1.68 bits per heavy atom. The fourth-order valence-corrected chi connectivity index (χ4v) is 2.31. The SMILES string of the molecule is Cc1cc(C(C)(C)C)cc(C)c1-c1cc(CN)no1. The van der Waals surface area contributed by atoms with Gasteiger partial charge in [0, 0.05) is 18.2 Å². The molecule has 0 atom stereocenters. The van der Waals surface area contributed by atoms with Gasteiger partial charge in [-0.1, -0.05) is 38.1 Å². The van der Waals surface area contributed by atoms with Crippen LogP contribution >= 0.6 is 0 Å². The summed E-state index contributed by atoms with van der Waals surface area (Å²) in [7, 11) is 0. The van der Waals surface area contributed by atoms with Crippen LogP contribution in [0.15, 0.2) is 22.7 Å². The first-order valence-corrected chi connectivity index (χ1v) is 6.60. The summed E-state index contributed by atoms with van der Waals surface area (Å²) in [6.07, 6.45) is 0. The van der Waals surface area contributed by atoms with Crippen molar-refractivity contribution in [1.29, 1.82) is 0 Å². The average molecular weight is 258 g/mol. The van der Waals surface area contributed by atoms with Crippen LogP contribution in [0.2, 0.25) is 0 Å². The molecule has 2 N–H and O–H groups in total. The van der Waals surface area contributed by atoms with Gasteiger partial charge in [-0.25, -0.2) is 0 Å². The van der Waals surface area contributed by atoms with E-state index in [0.29, 0.717) is 6.54 Å². The summed E-state index contributed by atoms with van der Waals surface area (Å²) in [6, 6.07) is 6.38. The Morgan fingerprint density at radius 1 is 1.11 bits per heavy atom. The van der Waals surface area contributed by atoms with Crippen molar-refractivity contribution < 1.29 is 4.52 Å². The standard InChI is InChI=1S/C16H22N2O/c1-10-6-12(16(3,4)5)7-11(2)15(10)14-8-13(9-17)18-19-14/h6-8H,9,17H2,1-5H3. The molecule has 1 aromatic carbocycles. The van der Waals surface area contributed by atoms with Gasteiger partial charge in [-0.2, -0.15) is 0 Å². The van der Waals surface area contributed by atoms with Crippen molar-refractivity contribution in [3.05, 3.63) is 40.6 Å². The molecule has 3 nitrogen and oxygen atoms in total. The molecule has 0 radical (unpaired) electrons. The second kappa shape index (κ2) is 4.82. The fraction of sp³-hybridized carbons (Fsp3) is 0.438. The van der Waals surface area contributed by atoms with Crippen molar-refractivity contribution >= 4 is 0 Å². The van der Waals surface area contributed by atoms with E-state index in [0.717, 1.165) is 17.0 Å². The van der Waals surface area contributed by atoms with Gasteiger partial charge in [-0.15, -0.1) is 0 Å². The third-order valence-corrected chi connectivity index (χ3v) is 3.41. The highest BCUT2D eigenvalue weighted by Crippen LogP contribution is 2.32. The summed E-state index contributed by atoms with van der Waals surface area (Å²) in [6.45, 7) is 11.3. The minimum atomic E-state index is 0.151. The topological polar surface area (TPSA) is 52.0 Å². The van der Waals surface area contributed by atoms with E-state index in [1.54, 1.807) is 0 Å². The van der Waals surface area contributed by atoms with Gasteiger partial charge in [-0.3, -0.25) is 0 Å². The molecule has 0 unspecified atom stereocenters. The molecule has 0 aliphatic carbocycles.